The summed E-state index contributed by atoms with van der Waals surface area (Å²) in [7, 11) is 2.17. The average molecular weight is 279 g/mol. The molecule has 2 heteroatoms. The highest BCUT2D eigenvalue weighted by Crippen LogP contribution is 2.33. The Hall–Kier alpha value is -2.22. The monoisotopic (exact) mass is 279 g/mol. The van der Waals surface area contributed by atoms with Gasteiger partial charge >= 0.3 is 0 Å². The van der Waals surface area contributed by atoms with E-state index in [1.54, 1.807) is 0 Å². The van der Waals surface area contributed by atoms with E-state index in [0.29, 0.717) is 6.04 Å². The van der Waals surface area contributed by atoms with Crippen molar-refractivity contribution in [2.45, 2.75) is 25.8 Å². The van der Waals surface area contributed by atoms with E-state index in [-0.39, 0.29) is 5.76 Å². The van der Waals surface area contributed by atoms with Gasteiger partial charge in [-0.15, -0.1) is 0 Å². The Morgan fingerprint density at radius 1 is 1.14 bits per heavy atom. The van der Waals surface area contributed by atoms with Crippen LogP contribution in [0.2, 0.25) is 0 Å². The van der Waals surface area contributed by atoms with Crippen molar-refractivity contribution in [1.29, 1.82) is 0 Å². The first-order chi connectivity index (χ1) is 10.1. The molecule has 1 aliphatic rings. The summed E-state index contributed by atoms with van der Waals surface area (Å²) in [5.41, 5.74) is 5.93. The number of benzene rings is 2. The van der Waals surface area contributed by atoms with Gasteiger partial charge in [0.05, 0.1) is 0 Å². The number of aryl methyl sites for hydroxylation is 1. The fraction of sp³-hybridized carbons (Fsp3) is 0.263. The number of fused-ring (bicyclic) bond motifs is 1. The molecule has 1 aliphatic heterocycles. The summed E-state index contributed by atoms with van der Waals surface area (Å²) in [6.45, 7) is 5.83. The molecule has 108 valence electrons. The first-order valence-corrected chi connectivity index (χ1v) is 7.40. The van der Waals surface area contributed by atoms with E-state index < -0.39 is 0 Å². The van der Waals surface area contributed by atoms with E-state index in [9.17, 15) is 5.11 Å². The maximum absolute atomic E-state index is 9.40. The average Bonchev–Trinajstić information content (AvgIpc) is 2.51. The van der Waals surface area contributed by atoms with Crippen LogP contribution >= 0.6 is 0 Å². The molecule has 0 aromatic heterocycles. The zero-order valence-corrected chi connectivity index (χ0v) is 12.6. The number of hydrogen-bond donors (Lipinski definition) is 1. The molecule has 0 amide bonds. The van der Waals surface area contributed by atoms with Gasteiger partial charge in [0.25, 0.3) is 0 Å². The Morgan fingerprint density at radius 3 is 2.48 bits per heavy atom. The summed E-state index contributed by atoms with van der Waals surface area (Å²) in [5, 5.41) is 9.40. The van der Waals surface area contributed by atoms with Crippen LogP contribution in [0.25, 0.3) is 16.9 Å². The SMILES string of the molecule is C=C(O)c1ccc(-c2ccc3c(c2)CC[C@H](C)N3C)cc1. The summed E-state index contributed by atoms with van der Waals surface area (Å²) in [5.74, 6) is 0.114. The van der Waals surface area contributed by atoms with E-state index in [4.69, 9.17) is 0 Å². The number of hydrogen-bond acceptors (Lipinski definition) is 2. The first kappa shape index (κ1) is 13.7. The molecule has 1 heterocycles. The molecular weight excluding hydrogens is 258 g/mol. The van der Waals surface area contributed by atoms with Gasteiger partial charge in [0.1, 0.15) is 5.76 Å². The van der Waals surface area contributed by atoms with Crippen molar-refractivity contribution in [1.82, 2.24) is 0 Å². The smallest absolute Gasteiger partial charge is 0.115 e. The van der Waals surface area contributed by atoms with Crippen molar-refractivity contribution in [2.75, 3.05) is 11.9 Å². The number of aliphatic hydroxyl groups excluding tert-OH is 1. The summed E-state index contributed by atoms with van der Waals surface area (Å²) < 4.78 is 0. The van der Waals surface area contributed by atoms with Gasteiger partial charge in [-0.2, -0.15) is 0 Å². The molecule has 0 aliphatic carbocycles. The van der Waals surface area contributed by atoms with Crippen molar-refractivity contribution >= 4 is 11.4 Å². The summed E-state index contributed by atoms with van der Waals surface area (Å²) in [6.07, 6.45) is 2.34. The first-order valence-electron chi connectivity index (χ1n) is 7.40. The van der Waals surface area contributed by atoms with Gasteiger partial charge in [-0.3, -0.25) is 0 Å². The van der Waals surface area contributed by atoms with E-state index in [1.165, 1.54) is 28.8 Å². The number of aliphatic hydroxyl groups is 1. The Balaban J connectivity index is 1.95. The van der Waals surface area contributed by atoms with Gasteiger partial charge in [0, 0.05) is 24.3 Å². The van der Waals surface area contributed by atoms with E-state index >= 15 is 0 Å². The highest BCUT2D eigenvalue weighted by atomic mass is 16.3. The van der Waals surface area contributed by atoms with Crippen molar-refractivity contribution in [3.8, 4) is 11.1 Å². The van der Waals surface area contributed by atoms with Crippen LogP contribution in [0.15, 0.2) is 49.0 Å². The molecule has 2 nitrogen and oxygen atoms in total. The quantitative estimate of drug-likeness (QED) is 0.809. The normalized spacial score (nSPS) is 17.4. The number of nitrogens with zero attached hydrogens (tertiary/aromatic N) is 1. The van der Waals surface area contributed by atoms with E-state index in [0.717, 1.165) is 12.0 Å². The van der Waals surface area contributed by atoms with Crippen LogP contribution in [-0.2, 0) is 6.42 Å². The molecule has 0 spiro atoms. The lowest BCUT2D eigenvalue weighted by molar-refractivity contribution is 0.514. The van der Waals surface area contributed by atoms with Gasteiger partial charge in [-0.1, -0.05) is 36.9 Å². The maximum Gasteiger partial charge on any atom is 0.115 e. The standard InChI is InChI=1S/C19H21NO/c1-13-4-5-18-12-17(10-11-19(18)20(13)3)16-8-6-15(7-9-16)14(2)21/h6-13,21H,2,4-5H2,1,3H3/t13-/m0/s1. The minimum Gasteiger partial charge on any atom is -0.508 e. The zero-order chi connectivity index (χ0) is 15.0. The lowest BCUT2D eigenvalue weighted by atomic mass is 9.93. The van der Waals surface area contributed by atoms with Gasteiger partial charge in [0.15, 0.2) is 0 Å². The van der Waals surface area contributed by atoms with Gasteiger partial charge < -0.3 is 10.0 Å². The van der Waals surface area contributed by atoms with Crippen LogP contribution < -0.4 is 4.90 Å². The Labute approximate surface area is 126 Å². The fourth-order valence-electron chi connectivity index (χ4n) is 2.96. The lowest BCUT2D eigenvalue weighted by Crippen LogP contribution is -2.33. The Morgan fingerprint density at radius 2 is 1.81 bits per heavy atom. The van der Waals surface area contributed by atoms with Crippen molar-refractivity contribution in [3.63, 3.8) is 0 Å². The predicted octanol–water partition coefficient (Wildman–Crippen LogP) is 4.65. The number of anilines is 1. The minimum atomic E-state index is 0.114. The third-order valence-corrected chi connectivity index (χ3v) is 4.50. The van der Waals surface area contributed by atoms with Crippen molar-refractivity contribution in [2.24, 2.45) is 0 Å². The highest BCUT2D eigenvalue weighted by molar-refractivity contribution is 5.71. The van der Waals surface area contributed by atoms with Crippen molar-refractivity contribution < 1.29 is 5.11 Å². The molecule has 1 N–H and O–H groups in total. The molecule has 0 saturated carbocycles. The molecule has 2 aromatic rings. The lowest BCUT2D eigenvalue weighted by Gasteiger charge is -2.34. The molecule has 0 unspecified atom stereocenters. The van der Waals surface area contributed by atoms with Crippen molar-refractivity contribution in [3.05, 3.63) is 60.2 Å². The zero-order valence-electron chi connectivity index (χ0n) is 12.6. The summed E-state index contributed by atoms with van der Waals surface area (Å²) in [4.78, 5) is 2.36. The van der Waals surface area contributed by atoms with Crippen LogP contribution in [0.1, 0.15) is 24.5 Å². The maximum atomic E-state index is 9.40. The largest absolute Gasteiger partial charge is 0.508 e. The summed E-state index contributed by atoms with van der Waals surface area (Å²) >= 11 is 0. The molecular formula is C19H21NO. The van der Waals surface area contributed by atoms with E-state index in [1.807, 2.05) is 24.3 Å². The second-order valence-corrected chi connectivity index (χ2v) is 5.87. The highest BCUT2D eigenvalue weighted by Gasteiger charge is 2.19. The van der Waals surface area contributed by atoms with Gasteiger partial charge in [-0.05, 0) is 48.6 Å². The van der Waals surface area contributed by atoms with Gasteiger partial charge in [0.2, 0.25) is 0 Å². The molecule has 3 rings (SSSR count). The molecule has 0 radical (unpaired) electrons. The van der Waals surface area contributed by atoms with Gasteiger partial charge in [-0.25, -0.2) is 0 Å². The number of rotatable bonds is 2. The second kappa shape index (κ2) is 5.28. The van der Waals surface area contributed by atoms with E-state index in [2.05, 4.69) is 43.6 Å². The molecule has 0 saturated heterocycles. The molecule has 0 bridgehead atoms. The minimum absolute atomic E-state index is 0.114. The van der Waals surface area contributed by atoms with Crippen LogP contribution in [0, 0.1) is 0 Å². The van der Waals surface area contributed by atoms with Crippen LogP contribution in [0.3, 0.4) is 0 Å². The van der Waals surface area contributed by atoms with Crippen LogP contribution in [0.5, 0.6) is 0 Å². The third-order valence-electron chi connectivity index (χ3n) is 4.50. The molecule has 0 fully saturated rings. The Bertz CT molecular complexity index is 672. The van der Waals surface area contributed by atoms with Crippen LogP contribution in [-0.4, -0.2) is 18.2 Å². The second-order valence-electron chi connectivity index (χ2n) is 5.87. The topological polar surface area (TPSA) is 23.5 Å². The molecule has 2 aromatic carbocycles. The summed E-state index contributed by atoms with van der Waals surface area (Å²) in [6, 6.07) is 15.2. The fourth-order valence-corrected chi connectivity index (χ4v) is 2.96. The molecule has 1 atom stereocenters. The predicted molar refractivity (Wildman–Crippen MR) is 89.7 cm³/mol. The Kier molecular flexibility index (Phi) is 3.46. The molecule has 21 heavy (non-hydrogen) atoms. The van der Waals surface area contributed by atoms with Crippen LogP contribution in [0.4, 0.5) is 5.69 Å². The third kappa shape index (κ3) is 2.54.